The molecule has 1 aliphatic heterocycles. The average Bonchev–Trinajstić information content (AvgIpc) is 3.39. The van der Waals surface area contributed by atoms with Crippen LogP contribution in [0.25, 0.3) is 10.2 Å². The van der Waals surface area contributed by atoms with E-state index in [2.05, 4.69) is 0 Å². The van der Waals surface area contributed by atoms with Crippen LogP contribution in [0.15, 0.2) is 47.4 Å². The summed E-state index contributed by atoms with van der Waals surface area (Å²) in [7, 11) is 0. The van der Waals surface area contributed by atoms with Gasteiger partial charge in [-0.05, 0) is 67.5 Å². The summed E-state index contributed by atoms with van der Waals surface area (Å²) < 4.78 is 6.78. The van der Waals surface area contributed by atoms with Crippen LogP contribution in [0, 0.1) is 0 Å². The number of hydrogen-bond donors (Lipinski definition) is 0. The molecule has 2 heterocycles. The van der Waals surface area contributed by atoms with Crippen molar-refractivity contribution in [3.8, 4) is 0 Å². The van der Waals surface area contributed by atoms with Gasteiger partial charge in [0.25, 0.3) is 0 Å². The molecule has 0 aliphatic carbocycles. The van der Waals surface area contributed by atoms with E-state index in [9.17, 15) is 4.79 Å². The number of amides is 1. The highest BCUT2D eigenvalue weighted by Gasteiger charge is 2.26. The fourth-order valence-corrected chi connectivity index (χ4v) is 5.61. The lowest BCUT2D eigenvalue weighted by Gasteiger charge is -2.23. The van der Waals surface area contributed by atoms with E-state index in [1.54, 1.807) is 11.8 Å². The number of anilines is 1. The van der Waals surface area contributed by atoms with Crippen LogP contribution in [0.3, 0.4) is 0 Å². The zero-order valence-corrected chi connectivity index (χ0v) is 19.5. The molecule has 1 aromatic heterocycles. The van der Waals surface area contributed by atoms with Crippen LogP contribution in [0.1, 0.15) is 25.7 Å². The van der Waals surface area contributed by atoms with E-state index in [0.29, 0.717) is 18.0 Å². The molecule has 158 valence electrons. The maximum atomic E-state index is 13.1. The number of fused-ring (bicyclic) bond motifs is 1. The second-order valence-corrected chi connectivity index (χ2v) is 10.2. The molecule has 0 saturated carbocycles. The van der Waals surface area contributed by atoms with Gasteiger partial charge in [-0.25, -0.2) is 4.98 Å². The van der Waals surface area contributed by atoms with E-state index in [-0.39, 0.29) is 12.0 Å². The fraction of sp³-hybridized carbons (Fsp3) is 0.364. The zero-order valence-electron chi connectivity index (χ0n) is 16.4. The van der Waals surface area contributed by atoms with Crippen molar-refractivity contribution in [3.05, 3.63) is 52.5 Å². The number of aromatic nitrogens is 1. The minimum Gasteiger partial charge on any atom is -0.376 e. The van der Waals surface area contributed by atoms with Crippen molar-refractivity contribution in [1.29, 1.82) is 0 Å². The molecular formula is C22H22Cl2N2O2S2. The number of halogens is 2. The van der Waals surface area contributed by atoms with Gasteiger partial charge in [0.1, 0.15) is 0 Å². The first-order valence-corrected chi connectivity index (χ1v) is 12.5. The van der Waals surface area contributed by atoms with Crippen LogP contribution in [0.5, 0.6) is 0 Å². The third-order valence-electron chi connectivity index (χ3n) is 4.90. The minimum atomic E-state index is 0.0768. The fourth-order valence-electron chi connectivity index (χ4n) is 3.36. The number of thiazole rings is 1. The Kier molecular flexibility index (Phi) is 7.55. The van der Waals surface area contributed by atoms with Gasteiger partial charge < -0.3 is 4.74 Å². The van der Waals surface area contributed by atoms with E-state index in [1.807, 2.05) is 47.4 Å². The Morgan fingerprint density at radius 1 is 1.20 bits per heavy atom. The summed E-state index contributed by atoms with van der Waals surface area (Å²) in [6.07, 6.45) is 3.37. The Bertz CT molecular complexity index is 1000. The number of carbonyl (C=O) groups excluding carboxylic acids is 1. The monoisotopic (exact) mass is 480 g/mol. The van der Waals surface area contributed by atoms with Gasteiger partial charge in [0.15, 0.2) is 5.13 Å². The largest absolute Gasteiger partial charge is 0.376 e. The van der Waals surface area contributed by atoms with Crippen molar-refractivity contribution < 1.29 is 9.53 Å². The molecule has 8 heteroatoms. The lowest BCUT2D eigenvalue weighted by atomic mass is 10.2. The van der Waals surface area contributed by atoms with Gasteiger partial charge in [0.2, 0.25) is 5.91 Å². The van der Waals surface area contributed by atoms with E-state index in [4.69, 9.17) is 32.9 Å². The quantitative estimate of drug-likeness (QED) is 0.266. The highest BCUT2D eigenvalue weighted by molar-refractivity contribution is 7.99. The Balaban J connectivity index is 1.41. The normalized spacial score (nSPS) is 16.3. The first kappa shape index (κ1) is 21.9. The number of benzene rings is 2. The first-order chi connectivity index (χ1) is 14.6. The number of hydrogen-bond acceptors (Lipinski definition) is 5. The molecule has 1 saturated heterocycles. The molecule has 1 atom stereocenters. The highest BCUT2D eigenvalue weighted by atomic mass is 35.5. The summed E-state index contributed by atoms with van der Waals surface area (Å²) >= 11 is 15.3. The zero-order chi connectivity index (χ0) is 20.9. The standard InChI is InChI=1S/C22H22Cl2N2O2S2/c23-15-5-8-18(9-6-15)29-12-2-4-21(27)26(14-17-3-1-11-28-17)22-25-19-10-7-16(24)13-20(19)30-22/h5-10,13,17H,1-4,11-12,14H2. The molecule has 1 amide bonds. The Morgan fingerprint density at radius 2 is 2.00 bits per heavy atom. The number of nitrogens with zero attached hydrogens (tertiary/aromatic N) is 2. The molecule has 1 aliphatic rings. The topological polar surface area (TPSA) is 42.4 Å². The SMILES string of the molecule is O=C(CCCSc1ccc(Cl)cc1)N(CC1CCCO1)c1nc2ccc(Cl)cc2s1. The summed E-state index contributed by atoms with van der Waals surface area (Å²) in [5.41, 5.74) is 0.864. The molecule has 2 aromatic carbocycles. The van der Waals surface area contributed by atoms with Gasteiger partial charge in [-0.3, -0.25) is 9.69 Å². The molecule has 1 unspecified atom stereocenters. The van der Waals surface area contributed by atoms with Crippen molar-refractivity contribution >= 4 is 67.6 Å². The lowest BCUT2D eigenvalue weighted by Crippen LogP contribution is -2.37. The lowest BCUT2D eigenvalue weighted by molar-refractivity contribution is -0.119. The summed E-state index contributed by atoms with van der Waals surface area (Å²) in [4.78, 5) is 20.8. The Hall–Kier alpha value is -1.31. The molecular weight excluding hydrogens is 459 g/mol. The van der Waals surface area contributed by atoms with Crippen molar-refractivity contribution in [2.24, 2.45) is 0 Å². The van der Waals surface area contributed by atoms with Gasteiger partial charge in [-0.2, -0.15) is 0 Å². The van der Waals surface area contributed by atoms with Crippen LogP contribution in [-0.2, 0) is 9.53 Å². The minimum absolute atomic E-state index is 0.0768. The van der Waals surface area contributed by atoms with Gasteiger partial charge in [0, 0.05) is 28.0 Å². The van der Waals surface area contributed by atoms with E-state index >= 15 is 0 Å². The van der Waals surface area contributed by atoms with E-state index in [1.165, 1.54) is 11.3 Å². The third-order valence-corrected chi connectivity index (χ3v) is 7.53. The summed E-state index contributed by atoms with van der Waals surface area (Å²) in [5.74, 6) is 0.962. The van der Waals surface area contributed by atoms with Gasteiger partial charge in [-0.1, -0.05) is 34.5 Å². The molecule has 3 aromatic rings. The molecule has 0 bridgehead atoms. The number of carbonyl (C=O) groups is 1. The number of rotatable bonds is 8. The first-order valence-electron chi connectivity index (χ1n) is 9.95. The third kappa shape index (κ3) is 5.68. The molecule has 0 N–H and O–H groups in total. The molecule has 30 heavy (non-hydrogen) atoms. The second-order valence-electron chi connectivity index (χ2n) is 7.15. The number of ether oxygens (including phenoxy) is 1. The predicted molar refractivity (Wildman–Crippen MR) is 127 cm³/mol. The second kappa shape index (κ2) is 10.3. The Morgan fingerprint density at radius 3 is 2.77 bits per heavy atom. The average molecular weight is 481 g/mol. The summed E-state index contributed by atoms with van der Waals surface area (Å²) in [5, 5.41) is 2.13. The molecule has 4 nitrogen and oxygen atoms in total. The van der Waals surface area contributed by atoms with Gasteiger partial charge in [-0.15, -0.1) is 11.8 Å². The highest BCUT2D eigenvalue weighted by Crippen LogP contribution is 2.32. The predicted octanol–water partition coefficient (Wildman–Crippen LogP) is 6.69. The molecule has 1 fully saturated rings. The van der Waals surface area contributed by atoms with Crippen LogP contribution in [0.4, 0.5) is 5.13 Å². The summed E-state index contributed by atoms with van der Waals surface area (Å²) in [6.45, 7) is 1.32. The van der Waals surface area contributed by atoms with Crippen molar-refractivity contribution in [3.63, 3.8) is 0 Å². The maximum absolute atomic E-state index is 13.1. The van der Waals surface area contributed by atoms with Crippen LogP contribution < -0.4 is 4.90 Å². The van der Waals surface area contributed by atoms with E-state index in [0.717, 1.165) is 56.9 Å². The van der Waals surface area contributed by atoms with Crippen LogP contribution in [0.2, 0.25) is 10.0 Å². The summed E-state index contributed by atoms with van der Waals surface area (Å²) in [6, 6.07) is 13.4. The van der Waals surface area contributed by atoms with Crippen molar-refractivity contribution in [1.82, 2.24) is 4.98 Å². The molecule has 4 rings (SSSR count). The van der Waals surface area contributed by atoms with E-state index < -0.39 is 0 Å². The molecule has 0 radical (unpaired) electrons. The van der Waals surface area contributed by atoms with Gasteiger partial charge in [0.05, 0.1) is 22.9 Å². The van der Waals surface area contributed by atoms with Gasteiger partial charge >= 0.3 is 0 Å². The maximum Gasteiger partial charge on any atom is 0.228 e. The molecule has 0 spiro atoms. The number of thioether (sulfide) groups is 1. The smallest absolute Gasteiger partial charge is 0.228 e. The van der Waals surface area contributed by atoms with Crippen molar-refractivity contribution in [2.75, 3.05) is 23.8 Å². The Labute approximate surface area is 194 Å². The van der Waals surface area contributed by atoms with Crippen LogP contribution in [-0.4, -0.2) is 35.9 Å². The van der Waals surface area contributed by atoms with Crippen molar-refractivity contribution in [2.45, 2.75) is 36.7 Å². The van der Waals surface area contributed by atoms with Crippen LogP contribution >= 0.6 is 46.3 Å².